The van der Waals surface area contributed by atoms with Crippen molar-refractivity contribution in [2.45, 2.75) is 39.3 Å². The van der Waals surface area contributed by atoms with Crippen LogP contribution in [0, 0.1) is 0 Å². The largest absolute Gasteiger partial charge is 0.336 e. The number of aldehydes is 1. The molecule has 2 aliphatic rings. The molecule has 1 saturated heterocycles. The number of hydrogen-bond acceptors (Lipinski definition) is 7. The van der Waals surface area contributed by atoms with Crippen molar-refractivity contribution in [3.63, 3.8) is 0 Å². The van der Waals surface area contributed by atoms with Crippen LogP contribution < -0.4 is 10.2 Å². The summed E-state index contributed by atoms with van der Waals surface area (Å²) < 4.78 is 2.02. The van der Waals surface area contributed by atoms with Gasteiger partial charge in [-0.05, 0) is 45.4 Å². The number of fused-ring (bicyclic) bond motifs is 2. The van der Waals surface area contributed by atoms with E-state index in [1.807, 2.05) is 28.6 Å². The fourth-order valence-corrected chi connectivity index (χ4v) is 4.77. The number of nitrogens with zero attached hydrogens (tertiary/aromatic N) is 7. The summed E-state index contributed by atoms with van der Waals surface area (Å²) in [4.78, 5) is 56.2. The zero-order valence-corrected chi connectivity index (χ0v) is 20.8. The summed E-state index contributed by atoms with van der Waals surface area (Å²) in [7, 11) is 1.92. The molecule has 5 rings (SSSR count). The molecule has 0 spiro atoms. The Morgan fingerprint density at radius 1 is 1.19 bits per heavy atom. The van der Waals surface area contributed by atoms with E-state index in [-0.39, 0.29) is 23.7 Å². The third-order valence-electron chi connectivity index (χ3n) is 6.75. The van der Waals surface area contributed by atoms with Crippen molar-refractivity contribution in [3.05, 3.63) is 41.5 Å². The second-order valence-electron chi connectivity index (χ2n) is 9.68. The highest BCUT2D eigenvalue weighted by atomic mass is 16.2. The first-order valence-electron chi connectivity index (χ1n) is 12.2. The SMILES string of the molecule is CC(C)n1cnc2cnc(NC(=O)N3CCCc4cc(CN5CCN(C)CC5=O)c(C=O)nc43)cc21. The van der Waals surface area contributed by atoms with Gasteiger partial charge < -0.3 is 9.47 Å². The number of carbonyl (C=O) groups excluding carboxylic acids is 3. The van der Waals surface area contributed by atoms with Gasteiger partial charge in [-0.1, -0.05) is 0 Å². The molecule has 5 heterocycles. The van der Waals surface area contributed by atoms with Crippen LogP contribution in [0.1, 0.15) is 47.9 Å². The predicted molar refractivity (Wildman–Crippen MR) is 135 cm³/mol. The van der Waals surface area contributed by atoms with E-state index in [1.165, 1.54) is 0 Å². The molecule has 3 aromatic heterocycles. The number of pyridine rings is 2. The molecule has 0 saturated carbocycles. The number of aromatic nitrogens is 4. The number of amides is 3. The minimum absolute atomic E-state index is 0.0302. The lowest BCUT2D eigenvalue weighted by Gasteiger charge is -2.33. The molecule has 3 amide bonds. The van der Waals surface area contributed by atoms with Gasteiger partial charge in [0.05, 0.1) is 24.6 Å². The van der Waals surface area contributed by atoms with E-state index in [4.69, 9.17) is 0 Å². The molecule has 1 fully saturated rings. The third-order valence-corrected chi connectivity index (χ3v) is 6.75. The zero-order chi connectivity index (χ0) is 25.4. The fourth-order valence-electron chi connectivity index (χ4n) is 4.77. The Kier molecular flexibility index (Phi) is 6.40. The van der Waals surface area contributed by atoms with E-state index in [1.54, 1.807) is 22.3 Å². The van der Waals surface area contributed by atoms with Crippen LogP contribution >= 0.6 is 0 Å². The van der Waals surface area contributed by atoms with Gasteiger partial charge in [-0.3, -0.25) is 24.7 Å². The molecule has 0 radical (unpaired) electrons. The van der Waals surface area contributed by atoms with E-state index in [0.29, 0.717) is 49.7 Å². The quantitative estimate of drug-likeness (QED) is 0.546. The molecule has 1 N–H and O–H groups in total. The van der Waals surface area contributed by atoms with Gasteiger partial charge in [0.25, 0.3) is 0 Å². The van der Waals surface area contributed by atoms with Crippen LogP contribution in [0.25, 0.3) is 11.0 Å². The Bertz CT molecular complexity index is 1330. The number of anilines is 2. The van der Waals surface area contributed by atoms with Crippen molar-refractivity contribution < 1.29 is 14.4 Å². The van der Waals surface area contributed by atoms with Crippen molar-refractivity contribution in [2.24, 2.45) is 0 Å². The summed E-state index contributed by atoms with van der Waals surface area (Å²) in [5.41, 5.74) is 3.49. The van der Waals surface area contributed by atoms with Gasteiger partial charge in [0.1, 0.15) is 22.8 Å². The van der Waals surface area contributed by atoms with E-state index in [2.05, 4.69) is 34.1 Å². The summed E-state index contributed by atoms with van der Waals surface area (Å²) >= 11 is 0. The predicted octanol–water partition coefficient (Wildman–Crippen LogP) is 2.48. The summed E-state index contributed by atoms with van der Waals surface area (Å²) in [6.07, 6.45) is 5.61. The number of likely N-dealkylation sites (N-methyl/N-ethyl adjacent to an activating group) is 1. The molecular weight excluding hydrogens is 460 g/mol. The number of piperazine rings is 1. The summed E-state index contributed by atoms with van der Waals surface area (Å²) in [6.45, 7) is 6.69. The van der Waals surface area contributed by atoms with Gasteiger partial charge in [0, 0.05) is 43.9 Å². The normalized spacial score (nSPS) is 16.5. The second-order valence-corrected chi connectivity index (χ2v) is 9.68. The Morgan fingerprint density at radius 3 is 2.78 bits per heavy atom. The van der Waals surface area contributed by atoms with Crippen molar-refractivity contribution in [2.75, 3.05) is 43.4 Å². The van der Waals surface area contributed by atoms with Crippen molar-refractivity contribution >= 4 is 40.9 Å². The number of urea groups is 1. The number of nitrogens with one attached hydrogen (secondary N) is 1. The second kappa shape index (κ2) is 9.65. The number of imidazole rings is 1. The molecule has 0 unspecified atom stereocenters. The van der Waals surface area contributed by atoms with Crippen molar-refractivity contribution in [1.82, 2.24) is 29.3 Å². The average molecular weight is 491 g/mol. The van der Waals surface area contributed by atoms with E-state index >= 15 is 0 Å². The van der Waals surface area contributed by atoms with Gasteiger partial charge >= 0.3 is 6.03 Å². The first-order valence-corrected chi connectivity index (χ1v) is 12.2. The lowest BCUT2D eigenvalue weighted by atomic mass is 10.0. The maximum atomic E-state index is 13.3. The molecule has 188 valence electrons. The fraction of sp³-hybridized carbons (Fsp3) is 0.440. The molecule has 11 heteroatoms. The summed E-state index contributed by atoms with van der Waals surface area (Å²) in [5.74, 6) is 0.924. The molecular formula is C25H30N8O3. The molecule has 0 atom stereocenters. The topological polar surface area (TPSA) is 117 Å². The number of carbonyl (C=O) groups is 3. The average Bonchev–Trinajstić information content (AvgIpc) is 3.28. The molecule has 11 nitrogen and oxygen atoms in total. The van der Waals surface area contributed by atoms with E-state index in [0.717, 1.165) is 36.0 Å². The third kappa shape index (κ3) is 4.53. The van der Waals surface area contributed by atoms with Crippen LogP contribution in [0.2, 0.25) is 0 Å². The lowest BCUT2D eigenvalue weighted by Crippen LogP contribution is -2.48. The minimum atomic E-state index is -0.357. The van der Waals surface area contributed by atoms with Crippen LogP contribution in [0.4, 0.5) is 16.4 Å². The van der Waals surface area contributed by atoms with Crippen LogP contribution in [-0.4, -0.2) is 80.8 Å². The smallest absolute Gasteiger partial charge is 0.328 e. The Labute approximate surface area is 209 Å². The highest BCUT2D eigenvalue weighted by Crippen LogP contribution is 2.29. The highest BCUT2D eigenvalue weighted by molar-refractivity contribution is 6.02. The van der Waals surface area contributed by atoms with Crippen LogP contribution in [0.5, 0.6) is 0 Å². The van der Waals surface area contributed by atoms with Gasteiger partial charge in [0.2, 0.25) is 5.91 Å². The van der Waals surface area contributed by atoms with Crippen molar-refractivity contribution in [3.8, 4) is 0 Å². The lowest BCUT2D eigenvalue weighted by molar-refractivity contribution is -0.136. The van der Waals surface area contributed by atoms with Gasteiger partial charge in [0.15, 0.2) is 6.29 Å². The minimum Gasteiger partial charge on any atom is -0.336 e. The number of hydrogen-bond donors (Lipinski definition) is 1. The van der Waals surface area contributed by atoms with Gasteiger partial charge in [-0.15, -0.1) is 0 Å². The Hall–Kier alpha value is -3.86. The van der Waals surface area contributed by atoms with Crippen LogP contribution in [-0.2, 0) is 17.8 Å². The van der Waals surface area contributed by atoms with Gasteiger partial charge in [-0.25, -0.2) is 19.7 Å². The molecule has 2 aliphatic heterocycles. The summed E-state index contributed by atoms with van der Waals surface area (Å²) in [5, 5.41) is 2.88. The maximum absolute atomic E-state index is 13.3. The molecule has 36 heavy (non-hydrogen) atoms. The molecule has 3 aromatic rings. The number of aryl methyl sites for hydroxylation is 1. The highest BCUT2D eigenvalue weighted by Gasteiger charge is 2.28. The molecule has 0 aromatic carbocycles. The van der Waals surface area contributed by atoms with Gasteiger partial charge in [-0.2, -0.15) is 0 Å². The van der Waals surface area contributed by atoms with Crippen LogP contribution in [0.3, 0.4) is 0 Å². The monoisotopic (exact) mass is 490 g/mol. The number of rotatable bonds is 5. The van der Waals surface area contributed by atoms with E-state index < -0.39 is 0 Å². The zero-order valence-electron chi connectivity index (χ0n) is 20.8. The summed E-state index contributed by atoms with van der Waals surface area (Å²) in [6, 6.07) is 3.59. The standard InChI is InChI=1S/C25H30N8O3/c1-16(2)33-15-27-19-11-26-22(10-21(19)33)29-25(36)32-6-4-5-17-9-18(20(14-34)28-24(17)32)12-31-8-7-30(3)13-23(31)35/h9-11,14-16H,4-8,12-13H2,1-3H3,(H,26,29,36). The van der Waals surface area contributed by atoms with Crippen LogP contribution in [0.15, 0.2) is 24.7 Å². The molecule has 0 aliphatic carbocycles. The first-order chi connectivity index (χ1) is 17.3. The Morgan fingerprint density at radius 2 is 2.03 bits per heavy atom. The van der Waals surface area contributed by atoms with Crippen molar-refractivity contribution in [1.29, 1.82) is 0 Å². The Balaban J connectivity index is 1.39. The molecule has 0 bridgehead atoms. The maximum Gasteiger partial charge on any atom is 0.328 e. The first kappa shape index (κ1) is 23.9. The van der Waals surface area contributed by atoms with E-state index in [9.17, 15) is 14.4 Å².